The van der Waals surface area contributed by atoms with Crippen LogP contribution in [0.5, 0.6) is 0 Å². The van der Waals surface area contributed by atoms with E-state index in [0.717, 1.165) is 8.66 Å². The molecule has 3 heterocycles. The van der Waals surface area contributed by atoms with Crippen LogP contribution < -0.4 is 0 Å². The standard InChI is InChI=1S/C14H14BrN3O2S/c15-12-4-3-11(21-12)14(20)18-8-6-17(7-9-18)13(19)10-2-1-5-16-10/h1-5,16H,6-9H2. The van der Waals surface area contributed by atoms with E-state index in [1.165, 1.54) is 11.3 Å². The predicted octanol–water partition coefficient (Wildman–Crippen LogP) is 2.44. The van der Waals surface area contributed by atoms with Gasteiger partial charge in [0.1, 0.15) is 5.69 Å². The molecule has 1 saturated heterocycles. The number of aromatic nitrogens is 1. The minimum atomic E-state index is -0.00836. The normalized spacial score (nSPS) is 15.3. The summed E-state index contributed by atoms with van der Waals surface area (Å²) in [6.07, 6.45) is 1.74. The zero-order valence-electron chi connectivity index (χ0n) is 11.2. The third-order valence-electron chi connectivity index (χ3n) is 3.47. The lowest BCUT2D eigenvalue weighted by atomic mass is 10.2. The fraction of sp³-hybridized carbons (Fsp3) is 0.286. The molecule has 0 bridgehead atoms. The van der Waals surface area contributed by atoms with Crippen molar-refractivity contribution in [3.8, 4) is 0 Å². The van der Waals surface area contributed by atoms with Crippen LogP contribution in [-0.2, 0) is 0 Å². The summed E-state index contributed by atoms with van der Waals surface area (Å²) in [6, 6.07) is 7.28. The first-order chi connectivity index (χ1) is 10.1. The summed E-state index contributed by atoms with van der Waals surface area (Å²) >= 11 is 4.80. The van der Waals surface area contributed by atoms with Crippen molar-refractivity contribution in [2.45, 2.75) is 0 Å². The van der Waals surface area contributed by atoms with Crippen LogP contribution in [0.3, 0.4) is 0 Å². The Bertz CT molecular complexity index is 645. The van der Waals surface area contributed by atoms with Crippen LogP contribution in [-0.4, -0.2) is 52.8 Å². The van der Waals surface area contributed by atoms with Crippen molar-refractivity contribution in [2.75, 3.05) is 26.2 Å². The minimum Gasteiger partial charge on any atom is -0.357 e. The lowest BCUT2D eigenvalue weighted by molar-refractivity contribution is 0.0535. The molecule has 3 rings (SSSR count). The minimum absolute atomic E-state index is 0.00836. The second-order valence-electron chi connectivity index (χ2n) is 4.77. The fourth-order valence-corrected chi connectivity index (χ4v) is 3.69. The van der Waals surface area contributed by atoms with Crippen molar-refractivity contribution < 1.29 is 9.59 Å². The molecule has 5 nitrogen and oxygen atoms in total. The summed E-state index contributed by atoms with van der Waals surface area (Å²) in [5.74, 6) is 0.0311. The van der Waals surface area contributed by atoms with Gasteiger partial charge in [0.25, 0.3) is 11.8 Å². The average molecular weight is 368 g/mol. The first-order valence-corrected chi connectivity index (χ1v) is 8.23. The molecule has 7 heteroatoms. The number of carbonyl (C=O) groups is 2. The van der Waals surface area contributed by atoms with E-state index < -0.39 is 0 Å². The molecule has 0 spiro atoms. The smallest absolute Gasteiger partial charge is 0.270 e. The number of thiophene rings is 1. The van der Waals surface area contributed by atoms with Gasteiger partial charge in [0.05, 0.1) is 8.66 Å². The number of amides is 2. The molecule has 2 aromatic rings. The van der Waals surface area contributed by atoms with Gasteiger partial charge in [0.2, 0.25) is 0 Å². The van der Waals surface area contributed by atoms with E-state index in [1.807, 2.05) is 18.2 Å². The van der Waals surface area contributed by atoms with E-state index in [-0.39, 0.29) is 11.8 Å². The van der Waals surface area contributed by atoms with Crippen molar-refractivity contribution >= 4 is 39.1 Å². The number of carbonyl (C=O) groups excluding carboxylic acids is 2. The predicted molar refractivity (Wildman–Crippen MR) is 84.6 cm³/mol. The molecule has 1 aliphatic rings. The number of rotatable bonds is 2. The molecule has 0 unspecified atom stereocenters. The van der Waals surface area contributed by atoms with Gasteiger partial charge in [-0.05, 0) is 40.2 Å². The van der Waals surface area contributed by atoms with Crippen molar-refractivity contribution in [1.29, 1.82) is 0 Å². The number of hydrogen-bond donors (Lipinski definition) is 1. The van der Waals surface area contributed by atoms with Gasteiger partial charge in [-0.1, -0.05) is 0 Å². The maximum absolute atomic E-state index is 12.3. The molecule has 0 aliphatic carbocycles. The lowest BCUT2D eigenvalue weighted by Crippen LogP contribution is -2.50. The number of halogens is 1. The maximum atomic E-state index is 12.3. The van der Waals surface area contributed by atoms with Crippen LogP contribution in [0.2, 0.25) is 0 Å². The van der Waals surface area contributed by atoms with Crippen LogP contribution in [0.15, 0.2) is 34.2 Å². The Kier molecular flexibility index (Phi) is 4.12. The van der Waals surface area contributed by atoms with Crippen molar-refractivity contribution in [2.24, 2.45) is 0 Å². The Hall–Kier alpha value is -1.60. The largest absolute Gasteiger partial charge is 0.357 e. The van der Waals surface area contributed by atoms with E-state index >= 15 is 0 Å². The van der Waals surface area contributed by atoms with E-state index in [4.69, 9.17) is 0 Å². The summed E-state index contributed by atoms with van der Waals surface area (Å²) in [7, 11) is 0. The van der Waals surface area contributed by atoms with Gasteiger partial charge in [-0.25, -0.2) is 0 Å². The van der Waals surface area contributed by atoms with Gasteiger partial charge in [0.15, 0.2) is 0 Å². The molecule has 0 aromatic carbocycles. The number of nitrogens with one attached hydrogen (secondary N) is 1. The molecule has 0 atom stereocenters. The van der Waals surface area contributed by atoms with Crippen LogP contribution >= 0.6 is 27.3 Å². The highest BCUT2D eigenvalue weighted by Crippen LogP contribution is 2.23. The molecule has 0 saturated carbocycles. The SMILES string of the molecule is O=C(c1ccc[nH]1)N1CCN(C(=O)c2ccc(Br)s2)CC1. The number of H-pyrrole nitrogens is 1. The van der Waals surface area contributed by atoms with Gasteiger partial charge >= 0.3 is 0 Å². The molecule has 1 fully saturated rings. The summed E-state index contributed by atoms with van der Waals surface area (Å²) in [6.45, 7) is 2.27. The van der Waals surface area contributed by atoms with Crippen molar-refractivity contribution in [3.63, 3.8) is 0 Å². The Labute approximate surface area is 134 Å². The van der Waals surface area contributed by atoms with Gasteiger partial charge < -0.3 is 14.8 Å². The number of piperazine rings is 1. The maximum Gasteiger partial charge on any atom is 0.270 e. The van der Waals surface area contributed by atoms with Crippen LogP contribution in [0.4, 0.5) is 0 Å². The molecule has 2 amide bonds. The van der Waals surface area contributed by atoms with Crippen molar-refractivity contribution in [3.05, 3.63) is 44.8 Å². The molecular weight excluding hydrogens is 354 g/mol. The second kappa shape index (κ2) is 6.03. The summed E-state index contributed by atoms with van der Waals surface area (Å²) in [5, 5.41) is 0. The highest BCUT2D eigenvalue weighted by atomic mass is 79.9. The Morgan fingerprint density at radius 3 is 2.24 bits per heavy atom. The fourth-order valence-electron chi connectivity index (χ4n) is 2.33. The Morgan fingerprint density at radius 2 is 1.71 bits per heavy atom. The van der Waals surface area contributed by atoms with Gasteiger partial charge in [-0.15, -0.1) is 11.3 Å². The summed E-state index contributed by atoms with van der Waals surface area (Å²) in [5.41, 5.74) is 0.594. The molecule has 0 radical (unpaired) electrons. The third-order valence-corrected chi connectivity index (χ3v) is 5.08. The van der Waals surface area contributed by atoms with Crippen molar-refractivity contribution in [1.82, 2.24) is 14.8 Å². The van der Waals surface area contributed by atoms with Gasteiger partial charge in [-0.2, -0.15) is 0 Å². The number of nitrogens with zero attached hydrogens (tertiary/aromatic N) is 2. The second-order valence-corrected chi connectivity index (χ2v) is 7.23. The molecule has 110 valence electrons. The van der Waals surface area contributed by atoms with E-state index in [2.05, 4.69) is 20.9 Å². The molecule has 1 aliphatic heterocycles. The quantitative estimate of drug-likeness (QED) is 0.885. The number of aromatic amines is 1. The van der Waals surface area contributed by atoms with Gasteiger partial charge in [-0.3, -0.25) is 9.59 Å². The molecule has 21 heavy (non-hydrogen) atoms. The summed E-state index contributed by atoms with van der Waals surface area (Å²) in [4.78, 5) is 31.8. The van der Waals surface area contributed by atoms with E-state index in [9.17, 15) is 9.59 Å². The highest BCUT2D eigenvalue weighted by Gasteiger charge is 2.26. The van der Waals surface area contributed by atoms with Crippen LogP contribution in [0.25, 0.3) is 0 Å². The first kappa shape index (κ1) is 14.3. The summed E-state index contributed by atoms with van der Waals surface area (Å²) < 4.78 is 0.950. The third kappa shape index (κ3) is 3.03. The topological polar surface area (TPSA) is 56.4 Å². The Balaban J connectivity index is 1.60. The Morgan fingerprint density at radius 1 is 1.05 bits per heavy atom. The lowest BCUT2D eigenvalue weighted by Gasteiger charge is -2.34. The molecule has 2 aromatic heterocycles. The highest BCUT2D eigenvalue weighted by molar-refractivity contribution is 9.11. The molecular formula is C14H14BrN3O2S. The zero-order valence-corrected chi connectivity index (χ0v) is 13.6. The average Bonchev–Trinajstić information content (AvgIpc) is 3.17. The van der Waals surface area contributed by atoms with Crippen LogP contribution in [0.1, 0.15) is 20.2 Å². The zero-order chi connectivity index (χ0) is 14.8. The van der Waals surface area contributed by atoms with E-state index in [0.29, 0.717) is 31.9 Å². The first-order valence-electron chi connectivity index (χ1n) is 6.62. The van der Waals surface area contributed by atoms with E-state index in [1.54, 1.807) is 22.1 Å². The van der Waals surface area contributed by atoms with Crippen LogP contribution in [0, 0.1) is 0 Å². The molecule has 1 N–H and O–H groups in total. The van der Waals surface area contributed by atoms with Gasteiger partial charge in [0, 0.05) is 32.4 Å². The number of hydrogen-bond acceptors (Lipinski definition) is 3. The monoisotopic (exact) mass is 367 g/mol.